The SMILES string of the molecule is C[NH-].C[NH-].C[NH-].[CH3][GeH]([CH3])[c-]1cccc1.[Hf+4]. The van der Waals surface area contributed by atoms with Crippen LogP contribution in [0.25, 0.3) is 17.2 Å². The molecule has 1 aromatic rings. The molecule has 1 rings (SSSR count). The Balaban J connectivity index is -0.0000000755. The van der Waals surface area contributed by atoms with Gasteiger partial charge in [0.2, 0.25) is 0 Å². The molecule has 0 heterocycles. The van der Waals surface area contributed by atoms with Crippen LogP contribution >= 0.6 is 0 Å². The number of nitrogens with one attached hydrogen (secondary N) is 3. The molecular weight excluding hydrogens is 413 g/mol. The van der Waals surface area contributed by atoms with Gasteiger partial charge >= 0.3 is 80.4 Å². The quantitative estimate of drug-likeness (QED) is 0.480. The van der Waals surface area contributed by atoms with Crippen LogP contribution in [-0.4, -0.2) is 35.5 Å². The molecule has 5 heteroatoms. The van der Waals surface area contributed by atoms with Gasteiger partial charge in [-0.2, -0.15) is 21.1 Å². The summed E-state index contributed by atoms with van der Waals surface area (Å²) in [5.74, 6) is 4.78. The summed E-state index contributed by atoms with van der Waals surface area (Å²) in [6.07, 6.45) is 0. The van der Waals surface area contributed by atoms with Gasteiger partial charge in [0.05, 0.1) is 0 Å². The van der Waals surface area contributed by atoms with Crippen molar-refractivity contribution in [3.8, 4) is 0 Å². The molecular formula is C10H23GeHfN3. The maximum absolute atomic E-state index is 5.75. The molecule has 0 saturated heterocycles. The topological polar surface area (TPSA) is 71.4 Å². The molecule has 0 spiro atoms. The van der Waals surface area contributed by atoms with E-state index in [4.69, 9.17) is 17.2 Å². The minimum Gasteiger partial charge on any atom is 4.00 e. The molecule has 0 aromatic heterocycles. The van der Waals surface area contributed by atoms with E-state index in [0.717, 1.165) is 0 Å². The zero-order chi connectivity index (χ0) is 12.0. The van der Waals surface area contributed by atoms with E-state index >= 15 is 0 Å². The zero-order valence-electron chi connectivity index (χ0n) is 10.4. The van der Waals surface area contributed by atoms with Gasteiger partial charge in [0.25, 0.3) is 0 Å². The predicted molar refractivity (Wildman–Crippen MR) is 71.3 cm³/mol. The fraction of sp³-hybridized carbons (Fsp3) is 0.500. The minimum atomic E-state index is -0.888. The van der Waals surface area contributed by atoms with Crippen LogP contribution in [0, 0.1) is 0 Å². The van der Waals surface area contributed by atoms with Gasteiger partial charge in [-0.05, 0) is 0 Å². The summed E-state index contributed by atoms with van der Waals surface area (Å²) >= 11 is -0.888. The molecule has 0 fully saturated rings. The Kier molecular flexibility index (Phi) is 39.7. The molecule has 0 saturated carbocycles. The number of hydrogen-bond acceptors (Lipinski definition) is 0. The fourth-order valence-corrected chi connectivity index (χ4v) is 2.86. The third kappa shape index (κ3) is 17.3. The molecule has 0 bridgehead atoms. The zero-order valence-corrected chi connectivity index (χ0v) is 16.4. The van der Waals surface area contributed by atoms with Crippen LogP contribution in [0.15, 0.2) is 24.3 Å². The van der Waals surface area contributed by atoms with Gasteiger partial charge in [0.1, 0.15) is 0 Å². The number of rotatable bonds is 1. The second-order valence-electron chi connectivity index (χ2n) is 2.37. The molecule has 0 aliphatic heterocycles. The molecule has 1 aromatic carbocycles. The second kappa shape index (κ2) is 24.1. The van der Waals surface area contributed by atoms with E-state index in [1.54, 1.807) is 4.40 Å². The molecule has 3 nitrogen and oxygen atoms in total. The molecule has 0 atom stereocenters. The molecule has 0 amide bonds. The molecule has 0 unspecified atom stereocenters. The average Bonchev–Trinajstić information content (AvgIpc) is 2.80. The third-order valence-corrected chi connectivity index (χ3v) is 4.96. The maximum atomic E-state index is 5.75. The molecule has 0 radical (unpaired) electrons. The Morgan fingerprint density at radius 3 is 1.20 bits per heavy atom. The van der Waals surface area contributed by atoms with Gasteiger partial charge in [-0.3, -0.25) is 0 Å². The second-order valence-corrected chi connectivity index (χ2v) is 8.62. The minimum absolute atomic E-state index is 0. The van der Waals surface area contributed by atoms with E-state index in [9.17, 15) is 0 Å². The van der Waals surface area contributed by atoms with E-state index < -0.39 is 14.3 Å². The van der Waals surface area contributed by atoms with Crippen LogP contribution in [0.3, 0.4) is 0 Å². The molecule has 0 aliphatic carbocycles. The van der Waals surface area contributed by atoms with E-state index in [1.165, 1.54) is 21.1 Å². The smallest absolute Gasteiger partial charge is 4.00 e. The summed E-state index contributed by atoms with van der Waals surface area (Å²) in [5, 5.41) is 0. The molecule has 86 valence electrons. The Bertz CT molecular complexity index is 156. The van der Waals surface area contributed by atoms with Crippen molar-refractivity contribution in [2.24, 2.45) is 0 Å². The van der Waals surface area contributed by atoms with Crippen molar-refractivity contribution in [2.75, 3.05) is 21.1 Å². The summed E-state index contributed by atoms with van der Waals surface area (Å²) in [5.41, 5.74) is 17.2. The van der Waals surface area contributed by atoms with Crippen LogP contribution in [0.5, 0.6) is 0 Å². The van der Waals surface area contributed by atoms with Gasteiger partial charge in [-0.15, -0.1) is 0 Å². The van der Waals surface area contributed by atoms with Crippen molar-refractivity contribution in [2.45, 2.75) is 11.5 Å². The Morgan fingerprint density at radius 2 is 1.07 bits per heavy atom. The van der Waals surface area contributed by atoms with Crippen LogP contribution in [0.1, 0.15) is 0 Å². The molecule has 15 heavy (non-hydrogen) atoms. The Labute approximate surface area is 118 Å². The van der Waals surface area contributed by atoms with Gasteiger partial charge < -0.3 is 17.2 Å². The van der Waals surface area contributed by atoms with Gasteiger partial charge in [0, 0.05) is 0 Å². The first-order valence-corrected chi connectivity index (χ1v) is 10.6. The van der Waals surface area contributed by atoms with Crippen LogP contribution in [0.2, 0.25) is 11.5 Å². The maximum Gasteiger partial charge on any atom is 4.00 e. The van der Waals surface area contributed by atoms with E-state index in [0.29, 0.717) is 0 Å². The van der Waals surface area contributed by atoms with E-state index in [2.05, 4.69) is 35.8 Å². The normalized spacial score (nSPS) is 6.73. The first-order chi connectivity index (χ1) is 6.80. The summed E-state index contributed by atoms with van der Waals surface area (Å²) in [6.45, 7) is 0. The first-order valence-electron chi connectivity index (χ1n) is 4.52. The Morgan fingerprint density at radius 1 is 0.800 bits per heavy atom. The van der Waals surface area contributed by atoms with Crippen LogP contribution in [-0.2, 0) is 25.8 Å². The largest absolute Gasteiger partial charge is 4.00 e. The van der Waals surface area contributed by atoms with Crippen molar-refractivity contribution in [3.63, 3.8) is 0 Å². The Hall–Kier alpha value is 0.643. The van der Waals surface area contributed by atoms with Crippen molar-refractivity contribution >= 4 is 18.7 Å². The van der Waals surface area contributed by atoms with Crippen molar-refractivity contribution in [3.05, 3.63) is 41.5 Å². The molecule has 0 aliphatic rings. The third-order valence-electron chi connectivity index (χ3n) is 1.36. The summed E-state index contributed by atoms with van der Waals surface area (Å²) in [7, 11) is 3.75. The average molecular weight is 436 g/mol. The summed E-state index contributed by atoms with van der Waals surface area (Å²) < 4.78 is 1.62. The van der Waals surface area contributed by atoms with E-state index in [1.807, 2.05) is 0 Å². The standard InChI is InChI=1S/C7H11Ge.3CH4N.Hf/c1-8(2)7-5-3-4-6-7;3*1-2;/h3-6,8H,1-2H3;3*2H,1H3;/q4*-1;+4. The van der Waals surface area contributed by atoms with E-state index in [-0.39, 0.29) is 25.8 Å². The van der Waals surface area contributed by atoms with Crippen LogP contribution in [0.4, 0.5) is 0 Å². The van der Waals surface area contributed by atoms with Gasteiger partial charge in [0.15, 0.2) is 0 Å². The van der Waals surface area contributed by atoms with Crippen molar-refractivity contribution < 1.29 is 25.8 Å². The molecule has 3 N–H and O–H groups in total. The number of hydrogen-bond donors (Lipinski definition) is 0. The predicted octanol–water partition coefficient (Wildman–Crippen LogP) is 3.10. The van der Waals surface area contributed by atoms with Gasteiger partial charge in [-0.25, -0.2) is 0 Å². The fourth-order valence-electron chi connectivity index (χ4n) is 0.774. The summed E-state index contributed by atoms with van der Waals surface area (Å²) in [4.78, 5) is 0. The first kappa shape index (κ1) is 24.7. The van der Waals surface area contributed by atoms with Crippen molar-refractivity contribution in [1.29, 1.82) is 0 Å². The van der Waals surface area contributed by atoms with Crippen molar-refractivity contribution in [1.82, 2.24) is 0 Å². The van der Waals surface area contributed by atoms with Crippen LogP contribution < -0.4 is 4.40 Å². The monoisotopic (exact) mass is 439 g/mol. The van der Waals surface area contributed by atoms with Gasteiger partial charge in [-0.1, -0.05) is 0 Å². The summed E-state index contributed by atoms with van der Waals surface area (Å²) in [6, 6.07) is 8.73.